The van der Waals surface area contributed by atoms with Gasteiger partial charge >= 0.3 is 0 Å². The fraction of sp³-hybridized carbons (Fsp3) is 0.250. The molecule has 0 aliphatic rings. The van der Waals surface area contributed by atoms with E-state index in [1.807, 2.05) is 49.4 Å². The molecule has 0 saturated heterocycles. The van der Waals surface area contributed by atoms with E-state index in [1.54, 1.807) is 22.8 Å². The lowest BCUT2D eigenvalue weighted by atomic mass is 10.0. The molecule has 1 amide bonds. The molecule has 2 aromatic heterocycles. The van der Waals surface area contributed by atoms with E-state index < -0.39 is 0 Å². The zero-order chi connectivity index (χ0) is 21.8. The fourth-order valence-electron chi connectivity index (χ4n) is 3.33. The summed E-state index contributed by atoms with van der Waals surface area (Å²) in [5.41, 5.74) is 4.18. The van der Waals surface area contributed by atoms with Gasteiger partial charge in [-0.15, -0.1) is 0 Å². The van der Waals surface area contributed by atoms with Crippen LogP contribution < -0.4 is 0 Å². The third kappa shape index (κ3) is 4.40. The molecule has 0 bridgehead atoms. The van der Waals surface area contributed by atoms with Crippen LogP contribution in [-0.2, 0) is 19.4 Å². The summed E-state index contributed by atoms with van der Waals surface area (Å²) in [6, 6.07) is 17.9. The van der Waals surface area contributed by atoms with Crippen LogP contribution in [0.4, 0.5) is 0 Å². The van der Waals surface area contributed by atoms with Crippen molar-refractivity contribution in [1.29, 1.82) is 0 Å². The lowest BCUT2D eigenvalue weighted by molar-refractivity contribution is 0.0770. The largest absolute Gasteiger partial charge is 0.337 e. The number of nitrogens with zero attached hydrogens (tertiary/aromatic N) is 5. The van der Waals surface area contributed by atoms with Crippen LogP contribution in [0.1, 0.15) is 41.5 Å². The summed E-state index contributed by atoms with van der Waals surface area (Å²) in [5.74, 6) is 0.884. The van der Waals surface area contributed by atoms with Crippen molar-refractivity contribution in [3.05, 3.63) is 83.6 Å². The van der Waals surface area contributed by atoms with Crippen LogP contribution in [0.5, 0.6) is 0 Å². The molecule has 0 aliphatic heterocycles. The predicted molar refractivity (Wildman–Crippen MR) is 118 cm³/mol. The number of hydrogen-bond acceptors (Lipinski definition) is 5. The Balaban J connectivity index is 1.69. The summed E-state index contributed by atoms with van der Waals surface area (Å²) >= 11 is 0. The van der Waals surface area contributed by atoms with Gasteiger partial charge in [-0.2, -0.15) is 10.1 Å². The van der Waals surface area contributed by atoms with Gasteiger partial charge in [0.2, 0.25) is 5.89 Å². The predicted octanol–water partition coefficient (Wildman–Crippen LogP) is 4.32. The first-order valence-electron chi connectivity index (χ1n) is 10.4. The summed E-state index contributed by atoms with van der Waals surface area (Å²) in [7, 11) is 1.72. The molecule has 0 aliphatic carbocycles. The molecular weight excluding hydrogens is 390 g/mol. The average Bonchev–Trinajstić information content (AvgIpc) is 3.46. The highest BCUT2D eigenvalue weighted by atomic mass is 16.5. The van der Waals surface area contributed by atoms with Crippen LogP contribution in [0.2, 0.25) is 0 Å². The van der Waals surface area contributed by atoms with Crippen LogP contribution in [0.3, 0.4) is 0 Å². The molecule has 7 heteroatoms. The first-order chi connectivity index (χ1) is 15.1. The quantitative estimate of drug-likeness (QED) is 0.449. The van der Waals surface area contributed by atoms with E-state index in [0.29, 0.717) is 29.4 Å². The van der Waals surface area contributed by atoms with Crippen molar-refractivity contribution in [3.63, 3.8) is 0 Å². The standard InChI is InChI=1S/C24H25N5O2/c1-4-17-11-13-18(14-12-17)23-20(15-29(26-23)19-9-7-6-8-10-19)24(30)28(3)16-22-25-21(5-2)27-31-22/h6-15H,4-5,16H2,1-3H3. The van der Waals surface area contributed by atoms with E-state index in [1.165, 1.54) is 5.56 Å². The monoisotopic (exact) mass is 415 g/mol. The highest BCUT2D eigenvalue weighted by Gasteiger charge is 2.23. The number of aromatic nitrogens is 4. The number of amides is 1. The van der Waals surface area contributed by atoms with E-state index in [2.05, 4.69) is 29.2 Å². The minimum absolute atomic E-state index is 0.159. The summed E-state index contributed by atoms with van der Waals surface area (Å²) < 4.78 is 6.99. The van der Waals surface area contributed by atoms with Gasteiger partial charge in [-0.1, -0.05) is 61.5 Å². The van der Waals surface area contributed by atoms with Gasteiger partial charge in [0.15, 0.2) is 5.82 Å². The minimum Gasteiger partial charge on any atom is -0.337 e. The maximum Gasteiger partial charge on any atom is 0.257 e. The Morgan fingerprint density at radius 1 is 1.03 bits per heavy atom. The Hall–Kier alpha value is -3.74. The number of hydrogen-bond donors (Lipinski definition) is 0. The smallest absolute Gasteiger partial charge is 0.257 e. The maximum atomic E-state index is 13.4. The minimum atomic E-state index is -0.159. The van der Waals surface area contributed by atoms with Crippen molar-refractivity contribution >= 4 is 5.91 Å². The average molecular weight is 415 g/mol. The molecular formula is C24H25N5O2. The van der Waals surface area contributed by atoms with Gasteiger partial charge in [0.25, 0.3) is 5.91 Å². The topological polar surface area (TPSA) is 77.1 Å². The number of carbonyl (C=O) groups excluding carboxylic acids is 1. The van der Waals surface area contributed by atoms with Crippen molar-refractivity contribution in [3.8, 4) is 16.9 Å². The first-order valence-corrected chi connectivity index (χ1v) is 10.4. The van der Waals surface area contributed by atoms with Crippen molar-refractivity contribution in [2.75, 3.05) is 7.05 Å². The maximum absolute atomic E-state index is 13.4. The molecule has 0 saturated carbocycles. The van der Waals surface area contributed by atoms with Gasteiger partial charge in [-0.05, 0) is 24.1 Å². The molecule has 31 heavy (non-hydrogen) atoms. The zero-order valence-corrected chi connectivity index (χ0v) is 17.9. The van der Waals surface area contributed by atoms with Crippen molar-refractivity contribution in [2.24, 2.45) is 0 Å². The Bertz CT molecular complexity index is 1160. The van der Waals surface area contributed by atoms with Gasteiger partial charge < -0.3 is 9.42 Å². The lowest BCUT2D eigenvalue weighted by Crippen LogP contribution is -2.26. The summed E-state index contributed by atoms with van der Waals surface area (Å²) in [6.45, 7) is 4.30. The van der Waals surface area contributed by atoms with Crippen LogP contribution in [0.25, 0.3) is 16.9 Å². The molecule has 0 N–H and O–H groups in total. The van der Waals surface area contributed by atoms with Gasteiger partial charge in [-0.3, -0.25) is 4.79 Å². The normalized spacial score (nSPS) is 10.9. The zero-order valence-electron chi connectivity index (χ0n) is 17.9. The molecule has 0 fully saturated rings. The number of carbonyl (C=O) groups is 1. The second-order valence-electron chi connectivity index (χ2n) is 7.34. The van der Waals surface area contributed by atoms with Crippen LogP contribution in [-0.4, -0.2) is 37.8 Å². The van der Waals surface area contributed by atoms with Gasteiger partial charge in [0.1, 0.15) is 5.69 Å². The lowest BCUT2D eigenvalue weighted by Gasteiger charge is -2.14. The third-order valence-corrected chi connectivity index (χ3v) is 5.15. The number of benzene rings is 2. The Morgan fingerprint density at radius 2 is 1.77 bits per heavy atom. The summed E-state index contributed by atoms with van der Waals surface area (Å²) in [5, 5.41) is 8.66. The Kier molecular flexibility index (Phi) is 5.93. The highest BCUT2D eigenvalue weighted by Crippen LogP contribution is 2.26. The molecule has 0 unspecified atom stereocenters. The van der Waals surface area contributed by atoms with Gasteiger partial charge in [-0.25, -0.2) is 4.68 Å². The van der Waals surface area contributed by atoms with Gasteiger partial charge in [0, 0.05) is 25.2 Å². The van der Waals surface area contributed by atoms with Crippen LogP contribution in [0, 0.1) is 0 Å². The molecule has 4 aromatic rings. The van der Waals surface area contributed by atoms with E-state index in [0.717, 1.165) is 17.7 Å². The molecule has 2 heterocycles. The second-order valence-corrected chi connectivity index (χ2v) is 7.34. The van der Waals surface area contributed by atoms with Crippen molar-refractivity contribution in [2.45, 2.75) is 33.2 Å². The van der Waals surface area contributed by atoms with E-state index in [9.17, 15) is 4.79 Å². The van der Waals surface area contributed by atoms with E-state index >= 15 is 0 Å². The third-order valence-electron chi connectivity index (χ3n) is 5.15. The number of para-hydroxylation sites is 1. The molecule has 2 aromatic carbocycles. The molecule has 0 radical (unpaired) electrons. The number of rotatable bonds is 7. The van der Waals surface area contributed by atoms with Crippen molar-refractivity contribution in [1.82, 2.24) is 24.8 Å². The van der Waals surface area contributed by atoms with E-state index in [-0.39, 0.29) is 12.5 Å². The molecule has 7 nitrogen and oxygen atoms in total. The molecule has 0 atom stereocenters. The summed E-state index contributed by atoms with van der Waals surface area (Å²) in [4.78, 5) is 19.2. The second kappa shape index (κ2) is 8.95. The Labute approximate surface area is 181 Å². The Morgan fingerprint density at radius 3 is 2.42 bits per heavy atom. The molecule has 4 rings (SSSR count). The first kappa shape index (κ1) is 20.5. The molecule has 158 valence electrons. The molecule has 0 spiro atoms. The summed E-state index contributed by atoms with van der Waals surface area (Å²) in [6.07, 6.45) is 3.42. The van der Waals surface area contributed by atoms with Crippen molar-refractivity contribution < 1.29 is 9.32 Å². The van der Waals surface area contributed by atoms with E-state index in [4.69, 9.17) is 9.62 Å². The highest BCUT2D eigenvalue weighted by molar-refractivity contribution is 5.99. The van der Waals surface area contributed by atoms with Crippen LogP contribution in [0.15, 0.2) is 65.3 Å². The SMILES string of the molecule is CCc1ccc(-c2nn(-c3ccccc3)cc2C(=O)N(C)Cc2nc(CC)no2)cc1. The van der Waals surface area contributed by atoms with Gasteiger partial charge in [0.05, 0.1) is 17.8 Å². The fourth-order valence-corrected chi connectivity index (χ4v) is 3.33. The number of aryl methyl sites for hydroxylation is 2. The van der Waals surface area contributed by atoms with Crippen LogP contribution >= 0.6 is 0 Å².